The molecule has 0 N–H and O–H groups in total. The fourth-order valence-corrected chi connectivity index (χ4v) is 8.54. The Morgan fingerprint density at radius 3 is 2.35 bits per heavy atom. The molecule has 2 aliphatic carbocycles. The third-order valence-corrected chi connectivity index (χ3v) is 10.5. The molecule has 0 bridgehead atoms. The van der Waals surface area contributed by atoms with Crippen molar-refractivity contribution in [3.8, 4) is 22.6 Å². The van der Waals surface area contributed by atoms with Crippen molar-refractivity contribution in [1.29, 1.82) is 0 Å². The predicted octanol–water partition coefficient (Wildman–Crippen LogP) is 10.4. The molecule has 4 nitrogen and oxygen atoms in total. The molecule has 230 valence electrons. The van der Waals surface area contributed by atoms with Crippen LogP contribution in [0.3, 0.4) is 0 Å². The molecule has 0 radical (unpaired) electrons. The second kappa shape index (κ2) is 10.3. The summed E-state index contributed by atoms with van der Waals surface area (Å²) in [5.74, 6) is 2.39. The van der Waals surface area contributed by atoms with E-state index in [1.807, 2.05) is 30.3 Å². The Bertz CT molecular complexity index is 2390. The van der Waals surface area contributed by atoms with Gasteiger partial charge < -0.3 is 9.47 Å². The molecule has 2 unspecified atom stereocenters. The smallest absolute Gasteiger partial charge is 0.241 e. The van der Waals surface area contributed by atoms with E-state index in [4.69, 9.17) is 14.6 Å². The van der Waals surface area contributed by atoms with Gasteiger partial charge in [-0.1, -0.05) is 140 Å². The Morgan fingerprint density at radius 1 is 0.688 bits per heavy atom. The van der Waals surface area contributed by atoms with Crippen molar-refractivity contribution in [2.45, 2.75) is 24.5 Å². The second-order valence-electron chi connectivity index (χ2n) is 13.0. The highest BCUT2D eigenvalue weighted by Gasteiger charge is 2.52. The molecular weight excluding hydrogens is 588 g/mol. The largest absolute Gasteiger partial charge is 0.456 e. The Kier molecular flexibility index (Phi) is 5.86. The molecule has 6 aromatic rings. The van der Waals surface area contributed by atoms with Crippen LogP contribution in [0.5, 0.6) is 11.5 Å². The Labute approximate surface area is 279 Å². The van der Waals surface area contributed by atoms with Crippen molar-refractivity contribution >= 4 is 22.2 Å². The van der Waals surface area contributed by atoms with Gasteiger partial charge in [-0.15, -0.1) is 5.10 Å². The van der Waals surface area contributed by atoms with Crippen LogP contribution in [0.15, 0.2) is 156 Å². The van der Waals surface area contributed by atoms with Crippen molar-refractivity contribution < 1.29 is 9.47 Å². The summed E-state index contributed by atoms with van der Waals surface area (Å²) >= 11 is 0. The molecule has 0 amide bonds. The van der Waals surface area contributed by atoms with E-state index in [0.717, 1.165) is 57.4 Å². The first-order chi connectivity index (χ1) is 23.7. The highest BCUT2D eigenvalue weighted by atomic mass is 16.5. The summed E-state index contributed by atoms with van der Waals surface area (Å²) in [6, 6.07) is 47.4. The van der Waals surface area contributed by atoms with Crippen LogP contribution in [0, 0.1) is 0 Å². The zero-order valence-corrected chi connectivity index (χ0v) is 26.6. The molecule has 2 atom stereocenters. The van der Waals surface area contributed by atoms with Crippen LogP contribution in [0.1, 0.15) is 52.5 Å². The lowest BCUT2D eigenvalue weighted by Crippen LogP contribution is -2.33. The van der Waals surface area contributed by atoms with Gasteiger partial charge in [0.05, 0.1) is 11.0 Å². The van der Waals surface area contributed by atoms with Gasteiger partial charge in [0.1, 0.15) is 11.5 Å². The van der Waals surface area contributed by atoms with Gasteiger partial charge in [-0.3, -0.25) is 5.01 Å². The first-order valence-corrected chi connectivity index (χ1v) is 16.7. The van der Waals surface area contributed by atoms with Crippen molar-refractivity contribution in [3.63, 3.8) is 0 Å². The molecule has 10 rings (SSSR count). The van der Waals surface area contributed by atoms with Crippen LogP contribution in [0.2, 0.25) is 0 Å². The monoisotopic (exact) mass is 620 g/mol. The molecule has 2 aliphatic heterocycles. The number of allylic oxidation sites excluding steroid dienone is 4. The van der Waals surface area contributed by atoms with Crippen LogP contribution in [0.25, 0.3) is 27.5 Å². The van der Waals surface area contributed by atoms with Gasteiger partial charge in [0.2, 0.25) is 12.1 Å². The molecule has 48 heavy (non-hydrogen) atoms. The van der Waals surface area contributed by atoms with Crippen LogP contribution >= 0.6 is 0 Å². The quantitative estimate of drug-likeness (QED) is 0.197. The SMILES string of the molecule is CN1N=C(c2c(-c3cccc4c3Oc3ccccc3C43C4=C(C=CCC4)c4ccccc43)ccc3ccccc23)OC1c1ccccc1. The van der Waals surface area contributed by atoms with Crippen molar-refractivity contribution in [2.75, 3.05) is 7.05 Å². The maximum absolute atomic E-state index is 7.05. The standard InChI is InChI=1S/C44H32N2O2/c1-46-43(29-15-3-2-4-16-29)48-42(45-46)40-30-17-6-5-14-28(30)26-27-33(40)34-20-13-24-38-41(34)47-39-25-12-11-23-37(39)44(38)35-21-9-7-18-31(35)32-19-8-10-22-36(32)44/h2-9,11-21,23-27,43H,10,22H2,1H3. The fraction of sp³-hybridized carbons (Fsp3) is 0.114. The van der Waals surface area contributed by atoms with Gasteiger partial charge in [0, 0.05) is 29.3 Å². The molecular formula is C44H32N2O2. The summed E-state index contributed by atoms with van der Waals surface area (Å²) in [7, 11) is 1.98. The fourth-order valence-electron chi connectivity index (χ4n) is 8.54. The minimum absolute atomic E-state index is 0.316. The lowest BCUT2D eigenvalue weighted by molar-refractivity contribution is 0.0780. The summed E-state index contributed by atoms with van der Waals surface area (Å²) in [6.45, 7) is 0. The van der Waals surface area contributed by atoms with Crippen LogP contribution in [0.4, 0.5) is 0 Å². The van der Waals surface area contributed by atoms with Gasteiger partial charge in [-0.25, -0.2) is 0 Å². The maximum atomic E-state index is 7.05. The van der Waals surface area contributed by atoms with Gasteiger partial charge in [-0.2, -0.15) is 0 Å². The second-order valence-corrected chi connectivity index (χ2v) is 13.0. The number of para-hydroxylation sites is 2. The van der Waals surface area contributed by atoms with Gasteiger partial charge in [0.25, 0.3) is 0 Å². The molecule has 0 saturated carbocycles. The molecule has 0 aromatic heterocycles. The first kappa shape index (κ1) is 27.3. The third kappa shape index (κ3) is 3.68. The minimum Gasteiger partial charge on any atom is -0.456 e. The summed E-state index contributed by atoms with van der Waals surface area (Å²) in [5, 5.41) is 9.17. The first-order valence-electron chi connectivity index (χ1n) is 16.7. The van der Waals surface area contributed by atoms with E-state index in [2.05, 4.69) is 127 Å². The number of hydrazone groups is 1. The number of benzene rings is 6. The lowest BCUT2D eigenvalue weighted by Gasteiger charge is -2.41. The van der Waals surface area contributed by atoms with E-state index in [9.17, 15) is 0 Å². The average molecular weight is 621 g/mol. The molecule has 2 heterocycles. The van der Waals surface area contributed by atoms with Gasteiger partial charge in [-0.05, 0) is 57.5 Å². The Balaban J connectivity index is 1.24. The van der Waals surface area contributed by atoms with Crippen LogP contribution in [-0.4, -0.2) is 18.0 Å². The predicted molar refractivity (Wildman–Crippen MR) is 192 cm³/mol. The summed E-state index contributed by atoms with van der Waals surface area (Å²) < 4.78 is 13.8. The van der Waals surface area contributed by atoms with E-state index < -0.39 is 5.41 Å². The van der Waals surface area contributed by atoms with E-state index in [1.54, 1.807) is 0 Å². The number of hydrogen-bond donors (Lipinski definition) is 0. The van der Waals surface area contributed by atoms with Crippen molar-refractivity contribution in [1.82, 2.24) is 5.01 Å². The Morgan fingerprint density at radius 2 is 1.44 bits per heavy atom. The molecule has 0 fully saturated rings. The minimum atomic E-state index is -0.451. The highest BCUT2D eigenvalue weighted by molar-refractivity contribution is 6.13. The number of rotatable bonds is 3. The summed E-state index contributed by atoms with van der Waals surface area (Å²) in [5.41, 5.74) is 11.5. The van der Waals surface area contributed by atoms with Gasteiger partial charge in [0.15, 0.2) is 0 Å². The molecule has 6 aromatic carbocycles. The normalized spacial score (nSPS) is 20.1. The van der Waals surface area contributed by atoms with Gasteiger partial charge >= 0.3 is 0 Å². The zero-order valence-electron chi connectivity index (χ0n) is 26.6. The van der Waals surface area contributed by atoms with E-state index in [1.165, 1.54) is 33.4 Å². The van der Waals surface area contributed by atoms with Crippen molar-refractivity contribution in [3.05, 3.63) is 185 Å². The highest BCUT2D eigenvalue weighted by Crippen LogP contribution is 2.64. The molecule has 1 spiro atoms. The summed E-state index contributed by atoms with van der Waals surface area (Å²) in [6.07, 6.45) is 6.36. The third-order valence-electron chi connectivity index (χ3n) is 10.5. The molecule has 4 heteroatoms. The van der Waals surface area contributed by atoms with Crippen LogP contribution < -0.4 is 4.74 Å². The molecule has 4 aliphatic rings. The summed E-state index contributed by atoms with van der Waals surface area (Å²) in [4.78, 5) is 0. The average Bonchev–Trinajstić information content (AvgIpc) is 3.67. The number of fused-ring (bicyclic) bond motifs is 9. The van der Waals surface area contributed by atoms with E-state index in [0.29, 0.717) is 5.90 Å². The van der Waals surface area contributed by atoms with E-state index >= 15 is 0 Å². The number of nitrogens with zero attached hydrogens (tertiary/aromatic N) is 2. The molecule has 0 saturated heterocycles. The van der Waals surface area contributed by atoms with Crippen LogP contribution in [-0.2, 0) is 10.2 Å². The zero-order chi connectivity index (χ0) is 31.8. The maximum Gasteiger partial charge on any atom is 0.241 e. The number of hydrogen-bond acceptors (Lipinski definition) is 4. The number of ether oxygens (including phenoxy) is 2. The van der Waals surface area contributed by atoms with Crippen molar-refractivity contribution in [2.24, 2.45) is 5.10 Å². The topological polar surface area (TPSA) is 34.1 Å². The Hall–Kier alpha value is -5.87. The van der Waals surface area contributed by atoms with E-state index in [-0.39, 0.29) is 6.23 Å². The lowest BCUT2D eigenvalue weighted by atomic mass is 9.63.